The second-order valence-corrected chi connectivity index (χ2v) is 8.41. The molecule has 13 heavy (non-hydrogen) atoms. The molecule has 1 rings (SSSR count). The highest BCUT2D eigenvalue weighted by molar-refractivity contribution is 8.56. The summed E-state index contributed by atoms with van der Waals surface area (Å²) in [5.41, 5.74) is 0. The van der Waals surface area contributed by atoms with Crippen molar-refractivity contribution in [3.05, 3.63) is 0 Å². The molecule has 5 heteroatoms. The molecule has 1 heterocycles. The van der Waals surface area contributed by atoms with E-state index in [1.807, 2.05) is 6.26 Å². The molecule has 0 aliphatic carbocycles. The van der Waals surface area contributed by atoms with Crippen LogP contribution < -0.4 is 0 Å². The van der Waals surface area contributed by atoms with Gasteiger partial charge in [-0.1, -0.05) is 18.3 Å². The predicted octanol–water partition coefficient (Wildman–Crippen LogP) is 2.76. The summed E-state index contributed by atoms with van der Waals surface area (Å²) in [5.74, 6) is 0. The minimum Gasteiger partial charge on any atom is -0.375 e. The molecule has 3 atom stereocenters. The van der Waals surface area contributed by atoms with Gasteiger partial charge in [0.05, 0.1) is 12.2 Å². The molecule has 0 bridgehead atoms. The van der Waals surface area contributed by atoms with E-state index in [4.69, 9.17) is 9.26 Å². The van der Waals surface area contributed by atoms with Crippen molar-refractivity contribution in [2.45, 2.75) is 32.0 Å². The van der Waals surface area contributed by atoms with Crippen LogP contribution in [0.4, 0.5) is 0 Å². The minimum absolute atomic E-state index is 0.0354. The summed E-state index contributed by atoms with van der Waals surface area (Å²) in [7, 11) is 0. The maximum atomic E-state index is 11.7. The molecule has 1 aliphatic rings. The van der Waals surface area contributed by atoms with Crippen molar-refractivity contribution in [2.75, 3.05) is 19.5 Å². The van der Waals surface area contributed by atoms with E-state index in [0.717, 1.165) is 19.4 Å². The molecule has 0 unspecified atom stereocenters. The Labute approximate surface area is 83.8 Å². The van der Waals surface area contributed by atoms with Crippen LogP contribution in [0.1, 0.15) is 19.8 Å². The minimum atomic E-state index is -2.44. The van der Waals surface area contributed by atoms with E-state index < -0.39 is 6.57 Å². The Morgan fingerprint density at radius 1 is 1.69 bits per heavy atom. The van der Waals surface area contributed by atoms with Crippen molar-refractivity contribution >= 4 is 18.0 Å². The van der Waals surface area contributed by atoms with Crippen LogP contribution in [0.3, 0.4) is 0 Å². The molecule has 0 spiro atoms. The summed E-state index contributed by atoms with van der Waals surface area (Å²) in [4.78, 5) is 0. The molecule has 0 aromatic rings. The van der Waals surface area contributed by atoms with Gasteiger partial charge in [0.1, 0.15) is 0 Å². The summed E-state index contributed by atoms with van der Waals surface area (Å²) in [5, 5.41) is 0. The number of ether oxygens (including phenoxy) is 1. The predicted molar refractivity (Wildman–Crippen MR) is 56.6 cm³/mol. The number of rotatable bonds is 4. The van der Waals surface area contributed by atoms with E-state index in [1.54, 1.807) is 6.66 Å². The van der Waals surface area contributed by atoms with Gasteiger partial charge in [-0.05, 0) is 19.1 Å². The Morgan fingerprint density at radius 3 is 2.92 bits per heavy atom. The van der Waals surface area contributed by atoms with E-state index in [2.05, 4.69) is 6.92 Å². The molecule has 0 aromatic carbocycles. The molecular formula is C8H17O3PS. The van der Waals surface area contributed by atoms with E-state index in [9.17, 15) is 4.57 Å². The van der Waals surface area contributed by atoms with Gasteiger partial charge in [0.25, 0.3) is 6.57 Å². The summed E-state index contributed by atoms with van der Waals surface area (Å²) >= 11 is 1.30. The molecule has 0 N–H and O–H groups in total. The van der Waals surface area contributed by atoms with Crippen LogP contribution in [0.2, 0.25) is 0 Å². The first-order valence-electron chi connectivity index (χ1n) is 4.52. The van der Waals surface area contributed by atoms with Crippen LogP contribution >= 0.6 is 18.0 Å². The highest BCUT2D eigenvalue weighted by Gasteiger charge is 2.32. The van der Waals surface area contributed by atoms with E-state index in [1.165, 1.54) is 11.4 Å². The smallest absolute Gasteiger partial charge is 0.254 e. The van der Waals surface area contributed by atoms with Crippen LogP contribution in [-0.4, -0.2) is 31.7 Å². The molecular weight excluding hydrogens is 207 g/mol. The van der Waals surface area contributed by atoms with Crippen molar-refractivity contribution in [1.82, 2.24) is 0 Å². The van der Waals surface area contributed by atoms with Crippen molar-refractivity contribution in [2.24, 2.45) is 0 Å². The van der Waals surface area contributed by atoms with Gasteiger partial charge in [0.15, 0.2) is 0 Å². The summed E-state index contributed by atoms with van der Waals surface area (Å²) in [6.07, 6.45) is 3.79. The topological polar surface area (TPSA) is 35.5 Å². The van der Waals surface area contributed by atoms with E-state index in [0.29, 0.717) is 0 Å². The van der Waals surface area contributed by atoms with E-state index in [-0.39, 0.29) is 12.2 Å². The lowest BCUT2D eigenvalue weighted by atomic mass is 10.1. The Morgan fingerprint density at radius 2 is 2.38 bits per heavy atom. The third-order valence-corrected chi connectivity index (χ3v) is 5.77. The fourth-order valence-corrected chi connectivity index (χ4v) is 2.83. The summed E-state index contributed by atoms with van der Waals surface area (Å²) < 4.78 is 22.7. The maximum Gasteiger partial charge on any atom is 0.254 e. The van der Waals surface area contributed by atoms with Gasteiger partial charge in [-0.2, -0.15) is 0 Å². The van der Waals surface area contributed by atoms with Crippen LogP contribution in [0.25, 0.3) is 0 Å². The average molecular weight is 224 g/mol. The zero-order valence-electron chi connectivity index (χ0n) is 8.36. The first kappa shape index (κ1) is 11.6. The quantitative estimate of drug-likeness (QED) is 0.688. The van der Waals surface area contributed by atoms with Crippen molar-refractivity contribution in [3.63, 3.8) is 0 Å². The van der Waals surface area contributed by atoms with Gasteiger partial charge in [-0.25, -0.2) is 0 Å². The fraction of sp³-hybridized carbons (Fsp3) is 1.00. The molecule has 1 aliphatic heterocycles. The lowest BCUT2D eigenvalue weighted by Crippen LogP contribution is -2.21. The first-order chi connectivity index (χ1) is 6.09. The van der Waals surface area contributed by atoms with Gasteiger partial charge in [0.2, 0.25) is 0 Å². The normalized spacial score (nSPS) is 33.2. The molecule has 1 fully saturated rings. The van der Waals surface area contributed by atoms with Crippen molar-refractivity contribution in [3.8, 4) is 0 Å². The maximum absolute atomic E-state index is 11.7. The Balaban J connectivity index is 2.48. The first-order valence-corrected chi connectivity index (χ1v) is 8.42. The lowest BCUT2D eigenvalue weighted by Gasteiger charge is -2.20. The van der Waals surface area contributed by atoms with Gasteiger partial charge in [-0.15, -0.1) is 0 Å². The standard InChI is InChI=1S/C8H17O3PS/c1-4-7-8(5-6-10-7)11-12(2,9)13-3/h7-8H,4-6H2,1-3H3/t7-,8+,12+/m1/s1. The molecule has 0 amide bonds. The summed E-state index contributed by atoms with van der Waals surface area (Å²) in [6, 6.07) is 0. The largest absolute Gasteiger partial charge is 0.375 e. The van der Waals surface area contributed by atoms with Gasteiger partial charge >= 0.3 is 0 Å². The highest BCUT2D eigenvalue weighted by Crippen LogP contribution is 2.56. The highest BCUT2D eigenvalue weighted by atomic mass is 32.7. The molecule has 78 valence electrons. The number of hydrogen-bond acceptors (Lipinski definition) is 4. The van der Waals surface area contributed by atoms with Crippen molar-refractivity contribution in [1.29, 1.82) is 0 Å². The van der Waals surface area contributed by atoms with Gasteiger partial charge in [0, 0.05) is 13.3 Å². The van der Waals surface area contributed by atoms with Crippen LogP contribution in [0.15, 0.2) is 0 Å². The van der Waals surface area contributed by atoms with Crippen LogP contribution in [-0.2, 0) is 13.8 Å². The molecule has 1 saturated heterocycles. The van der Waals surface area contributed by atoms with E-state index >= 15 is 0 Å². The lowest BCUT2D eigenvalue weighted by molar-refractivity contribution is 0.0544. The zero-order valence-corrected chi connectivity index (χ0v) is 10.1. The van der Waals surface area contributed by atoms with Crippen LogP contribution in [0.5, 0.6) is 0 Å². The second kappa shape index (κ2) is 4.83. The summed E-state index contributed by atoms with van der Waals surface area (Å²) in [6.45, 7) is 2.03. The third-order valence-electron chi connectivity index (χ3n) is 2.21. The Hall–Kier alpha value is 0.500. The molecule has 0 saturated carbocycles. The van der Waals surface area contributed by atoms with Gasteiger partial charge in [-0.3, -0.25) is 4.57 Å². The SMILES string of the molecule is CC[C@H]1OCC[C@@H]1O[P@](C)(=O)SC. The fourth-order valence-electron chi connectivity index (χ4n) is 1.42. The molecule has 0 radical (unpaired) electrons. The Bertz CT molecular complexity index is 210. The monoisotopic (exact) mass is 224 g/mol. The second-order valence-electron chi connectivity index (χ2n) is 3.20. The zero-order chi connectivity index (χ0) is 9.90. The Kier molecular flexibility index (Phi) is 4.30. The van der Waals surface area contributed by atoms with Crippen LogP contribution in [0, 0.1) is 0 Å². The van der Waals surface area contributed by atoms with Crippen molar-refractivity contribution < 1.29 is 13.8 Å². The number of hydrogen-bond donors (Lipinski definition) is 0. The van der Waals surface area contributed by atoms with Gasteiger partial charge < -0.3 is 9.26 Å². The molecule has 0 aromatic heterocycles. The third kappa shape index (κ3) is 3.28. The molecule has 3 nitrogen and oxygen atoms in total. The average Bonchev–Trinajstić information content (AvgIpc) is 2.51.